The SMILES string of the molecule is CC(C)[C@@H](CS(=O)(=O)C(C)C)N1C(=O)[C@@](C)(CC(=O)O)CC(c2cccc(Cl)c2)[C@H]1c1ccc(Cl)cc1.COc1cc(CC(=O)C[C@@]2(C)CC(c3cccc(Cl)c3)[C@@H](c3ccc(Cl)c(F)c3)N([C@H](CS(=O)(=O)C(C)(C)C)C3CC3)C2=O)ccc1C(=O)O. The topological polar surface area (TPSA) is 210 Å². The van der Waals surface area contributed by atoms with E-state index in [-0.39, 0.29) is 95.3 Å². The van der Waals surface area contributed by atoms with Crippen molar-refractivity contribution in [1.29, 1.82) is 0 Å². The molecular weight excluding hydrogens is 1240 g/mol. The van der Waals surface area contributed by atoms with Gasteiger partial charge in [0.25, 0.3) is 0 Å². The molecule has 1 saturated carbocycles. The summed E-state index contributed by atoms with van der Waals surface area (Å²) in [5.41, 5.74) is 0.835. The summed E-state index contributed by atoms with van der Waals surface area (Å²) in [6.45, 7) is 15.3. The predicted molar refractivity (Wildman–Crippen MR) is 339 cm³/mol. The Labute approximate surface area is 530 Å². The third-order valence-electron chi connectivity index (χ3n) is 17.4. The lowest BCUT2D eigenvalue weighted by Crippen LogP contribution is -2.59. The minimum atomic E-state index is -3.73. The molecule has 8 rings (SSSR count). The van der Waals surface area contributed by atoms with E-state index >= 15 is 9.18 Å². The molecular formula is C66H77Cl4FN2O12S2. The Bertz CT molecular complexity index is 3630. The first-order chi connectivity index (χ1) is 40.5. The zero-order valence-corrected chi connectivity index (χ0v) is 55.2. The van der Waals surface area contributed by atoms with Crippen LogP contribution in [0.15, 0.2) is 109 Å². The van der Waals surface area contributed by atoms with E-state index in [9.17, 15) is 46.2 Å². The van der Waals surface area contributed by atoms with E-state index in [0.29, 0.717) is 26.2 Å². The number of sulfone groups is 2. The minimum absolute atomic E-state index is 0.0425. The third kappa shape index (κ3) is 15.9. The molecule has 5 aromatic carbocycles. The van der Waals surface area contributed by atoms with Crippen molar-refractivity contribution in [1.82, 2.24) is 9.80 Å². The molecule has 1 aliphatic carbocycles. The van der Waals surface area contributed by atoms with Crippen molar-refractivity contribution in [3.63, 3.8) is 0 Å². The number of carbonyl (C=O) groups excluding carboxylic acids is 3. The maximum absolute atomic E-state index is 15.2. The highest BCUT2D eigenvalue weighted by Gasteiger charge is 2.57. The maximum Gasteiger partial charge on any atom is 0.339 e. The average molecular weight is 1320 g/mol. The Morgan fingerprint density at radius 3 is 1.68 bits per heavy atom. The summed E-state index contributed by atoms with van der Waals surface area (Å²) in [4.78, 5) is 70.1. The van der Waals surface area contributed by atoms with E-state index in [4.69, 9.17) is 51.1 Å². The normalized spacial score (nSPS) is 22.6. The van der Waals surface area contributed by atoms with Gasteiger partial charge in [-0.25, -0.2) is 26.0 Å². The molecule has 8 atom stereocenters. The quantitative estimate of drug-likeness (QED) is 0.0703. The number of benzene rings is 5. The Hall–Kier alpha value is -5.56. The zero-order chi connectivity index (χ0) is 64.5. The summed E-state index contributed by atoms with van der Waals surface area (Å²) in [7, 11) is -5.92. The minimum Gasteiger partial charge on any atom is -0.496 e. The number of methoxy groups -OCH3 is 1. The van der Waals surface area contributed by atoms with Crippen molar-refractivity contribution in [3.05, 3.63) is 168 Å². The average Bonchev–Trinajstić information content (AvgIpc) is 1.49. The van der Waals surface area contributed by atoms with Crippen LogP contribution >= 0.6 is 46.4 Å². The van der Waals surface area contributed by atoms with Gasteiger partial charge < -0.3 is 24.7 Å². The summed E-state index contributed by atoms with van der Waals surface area (Å²) < 4.78 is 73.2. The highest BCUT2D eigenvalue weighted by Crippen LogP contribution is 2.56. The van der Waals surface area contributed by atoms with Gasteiger partial charge in [-0.05, 0) is 161 Å². The fraction of sp³-hybridized carbons (Fsp3) is 0.470. The molecule has 5 aromatic rings. The van der Waals surface area contributed by atoms with Gasteiger partial charge in [-0.15, -0.1) is 0 Å². The molecule has 470 valence electrons. The van der Waals surface area contributed by atoms with Crippen molar-refractivity contribution < 1.29 is 60.1 Å². The second kappa shape index (κ2) is 27.3. The zero-order valence-electron chi connectivity index (χ0n) is 50.5. The van der Waals surface area contributed by atoms with Crippen LogP contribution in [0, 0.1) is 28.5 Å². The molecule has 2 N–H and O–H groups in total. The van der Waals surface area contributed by atoms with E-state index in [2.05, 4.69) is 0 Å². The lowest BCUT2D eigenvalue weighted by molar-refractivity contribution is -0.161. The molecule has 87 heavy (non-hydrogen) atoms. The van der Waals surface area contributed by atoms with Gasteiger partial charge in [-0.2, -0.15) is 0 Å². The fourth-order valence-corrected chi connectivity index (χ4v) is 15.8. The first-order valence-corrected chi connectivity index (χ1v) is 33.8. The molecule has 14 nitrogen and oxygen atoms in total. The molecule has 0 radical (unpaired) electrons. The van der Waals surface area contributed by atoms with E-state index in [1.54, 1.807) is 107 Å². The summed E-state index contributed by atoms with van der Waals surface area (Å²) in [6.07, 6.45) is 1.28. The van der Waals surface area contributed by atoms with Crippen LogP contribution in [-0.2, 0) is 45.3 Å². The number of Topliss-reactive ketones (excluding diaryl/α,β-unsaturated/α-hetero) is 1. The number of carboxylic acids is 2. The third-order valence-corrected chi connectivity index (χ3v) is 23.3. The van der Waals surface area contributed by atoms with Crippen molar-refractivity contribution in [2.45, 2.75) is 153 Å². The van der Waals surface area contributed by atoms with Crippen LogP contribution in [0.3, 0.4) is 0 Å². The first-order valence-electron chi connectivity index (χ1n) is 29.0. The molecule has 2 amide bonds. The molecule has 0 aromatic heterocycles. The predicted octanol–water partition coefficient (Wildman–Crippen LogP) is 14.5. The van der Waals surface area contributed by atoms with Crippen LogP contribution < -0.4 is 4.74 Å². The van der Waals surface area contributed by atoms with Gasteiger partial charge in [-0.3, -0.25) is 19.2 Å². The number of hydrogen-bond donors (Lipinski definition) is 2. The van der Waals surface area contributed by atoms with Crippen molar-refractivity contribution in [3.8, 4) is 5.75 Å². The summed E-state index contributed by atoms with van der Waals surface area (Å²) in [5, 5.41) is 20.1. The number of aromatic carboxylic acids is 1. The van der Waals surface area contributed by atoms with Crippen LogP contribution in [0.4, 0.5) is 4.39 Å². The number of nitrogens with zero attached hydrogens (tertiary/aromatic N) is 2. The second-order valence-corrected chi connectivity index (χ2v) is 32.8. The maximum atomic E-state index is 15.2. The number of aliphatic carboxylic acids is 1. The van der Waals surface area contributed by atoms with Gasteiger partial charge in [0.15, 0.2) is 19.7 Å². The number of amides is 2. The van der Waals surface area contributed by atoms with Crippen LogP contribution in [-0.4, -0.2) is 107 Å². The van der Waals surface area contributed by atoms with E-state index in [1.807, 2.05) is 50.2 Å². The molecule has 0 bridgehead atoms. The standard InChI is InChI=1S/C38H42Cl2FNO7S.C28H35Cl2NO5S/c1-37(2,3)50(47,48)21-32(23-10-11-23)42-34(25-12-14-30(40)31(41)18-25)29(24-7-6-8-26(39)17-24)20-38(4,36(42)46)19-27(43)15-22-9-13-28(35(44)45)33(16-22)49-5;1-17(2)24(16-37(35,36)18(3)4)31-26(19-9-11-21(29)12-10-19)23(20-7-6-8-22(30)13-20)14-28(5,27(31)34)15-25(32)33/h6-9,12-14,16-18,23,29,32,34H,10-11,15,19-21H2,1-5H3,(H,44,45);6-13,17-18,23-24,26H,14-16H2,1-5H3,(H,32,33)/t29?,32-,34-,38+;23?,24-,26-,28-/m11/s1. The number of halogens is 5. The van der Waals surface area contributed by atoms with Gasteiger partial charge in [0.05, 0.1) is 63.0 Å². The number of carboxylic acid groups (broad SMARTS) is 2. The highest BCUT2D eigenvalue weighted by atomic mass is 35.5. The first kappa shape index (κ1) is 68.9. The van der Waals surface area contributed by atoms with Crippen molar-refractivity contribution >= 4 is 95.6 Å². The fourth-order valence-electron chi connectivity index (χ4n) is 12.4. The molecule has 2 saturated heterocycles. The Morgan fingerprint density at radius 2 is 1.21 bits per heavy atom. The molecule has 21 heteroatoms. The van der Waals surface area contributed by atoms with Gasteiger partial charge in [0, 0.05) is 51.8 Å². The molecule has 3 fully saturated rings. The van der Waals surface area contributed by atoms with E-state index in [1.165, 1.54) is 31.4 Å². The van der Waals surface area contributed by atoms with Crippen LogP contribution in [0.2, 0.25) is 20.1 Å². The number of ketones is 1. The van der Waals surface area contributed by atoms with E-state index < -0.39 is 88.3 Å². The molecule has 3 aliphatic rings. The van der Waals surface area contributed by atoms with Gasteiger partial charge in [0.1, 0.15) is 22.9 Å². The molecule has 0 spiro atoms. The summed E-state index contributed by atoms with van der Waals surface area (Å²) in [5.74, 6) is -5.46. The monoisotopic (exact) mass is 1310 g/mol. The number of piperidine rings is 2. The second-order valence-electron chi connectivity index (χ2n) is 25.7. The van der Waals surface area contributed by atoms with E-state index in [0.717, 1.165) is 29.5 Å². The number of likely N-dealkylation sites (tertiary alicyclic amines) is 2. The van der Waals surface area contributed by atoms with Crippen molar-refractivity contribution in [2.75, 3.05) is 18.6 Å². The van der Waals surface area contributed by atoms with Gasteiger partial charge >= 0.3 is 11.9 Å². The Balaban J connectivity index is 0.000000260. The lowest BCUT2D eigenvalue weighted by Gasteiger charge is -2.52. The number of ether oxygens (including phenoxy) is 1. The van der Waals surface area contributed by atoms with Crippen LogP contribution in [0.1, 0.15) is 163 Å². The van der Waals surface area contributed by atoms with Gasteiger partial charge in [0.2, 0.25) is 11.8 Å². The van der Waals surface area contributed by atoms with Crippen molar-refractivity contribution in [2.24, 2.45) is 22.7 Å². The Morgan fingerprint density at radius 1 is 0.678 bits per heavy atom. The largest absolute Gasteiger partial charge is 0.496 e. The molecule has 2 unspecified atom stereocenters. The molecule has 2 aliphatic heterocycles. The summed E-state index contributed by atoms with van der Waals surface area (Å²) in [6, 6.07) is 27.8. The van der Waals surface area contributed by atoms with Gasteiger partial charge in [-0.1, -0.05) is 123 Å². The number of carbonyl (C=O) groups is 5. The lowest BCUT2D eigenvalue weighted by atomic mass is 9.66. The summed E-state index contributed by atoms with van der Waals surface area (Å²) >= 11 is 25.1. The highest BCUT2D eigenvalue weighted by molar-refractivity contribution is 7.92. The Kier molecular flexibility index (Phi) is 21.6. The van der Waals surface area contributed by atoms with Crippen LogP contribution in [0.25, 0.3) is 0 Å². The molecule has 2 heterocycles. The number of hydrogen-bond acceptors (Lipinski definition) is 10. The smallest absolute Gasteiger partial charge is 0.339 e. The van der Waals surface area contributed by atoms with Crippen LogP contribution in [0.5, 0.6) is 5.75 Å². The number of rotatable bonds is 21.